The number of ether oxygens (including phenoxy) is 1. The number of carbonyl (C=O) groups is 1. The van der Waals surface area contributed by atoms with Gasteiger partial charge < -0.3 is 4.74 Å². The molecule has 0 fully saturated rings. The summed E-state index contributed by atoms with van der Waals surface area (Å²) < 4.78 is 5.61. The number of para-hydroxylation sites is 1. The van der Waals surface area contributed by atoms with Crippen molar-refractivity contribution in [2.45, 2.75) is 26.4 Å². The second-order valence-electron chi connectivity index (χ2n) is 7.31. The third kappa shape index (κ3) is 5.07. The Morgan fingerprint density at radius 1 is 0.750 bits per heavy atom. The van der Waals surface area contributed by atoms with E-state index in [0.717, 1.165) is 11.1 Å². The molecule has 142 valence electrons. The molecule has 0 aliphatic rings. The van der Waals surface area contributed by atoms with E-state index in [0.29, 0.717) is 11.4 Å². The fourth-order valence-corrected chi connectivity index (χ4v) is 2.65. The van der Waals surface area contributed by atoms with Gasteiger partial charge >= 0.3 is 6.09 Å². The minimum absolute atomic E-state index is 0.525. The molecule has 0 heterocycles. The Balaban J connectivity index is 2.13. The summed E-state index contributed by atoms with van der Waals surface area (Å²) in [6.07, 6.45) is -0.525. The molecule has 0 bridgehead atoms. The molecule has 3 rings (SSSR count). The largest absolute Gasteiger partial charge is 0.442 e. The van der Waals surface area contributed by atoms with Gasteiger partial charge in [0.1, 0.15) is 5.60 Å². The highest BCUT2D eigenvalue weighted by Gasteiger charge is 2.24. The van der Waals surface area contributed by atoms with Crippen molar-refractivity contribution in [1.82, 2.24) is 0 Å². The average molecular weight is 372 g/mol. The SMILES string of the molecule is CC(C)(C)OC(=O)N(N=C(c1ccccc1)c1ccccc1)c1ccccc1. The lowest BCUT2D eigenvalue weighted by atomic mass is 10.0. The van der Waals surface area contributed by atoms with Crippen LogP contribution in [0.3, 0.4) is 0 Å². The van der Waals surface area contributed by atoms with Gasteiger partial charge in [-0.25, -0.2) is 4.79 Å². The van der Waals surface area contributed by atoms with Gasteiger partial charge in [0, 0.05) is 11.1 Å². The molecule has 0 N–H and O–H groups in total. The number of benzene rings is 3. The van der Waals surface area contributed by atoms with Gasteiger partial charge in [-0.05, 0) is 32.9 Å². The van der Waals surface area contributed by atoms with Gasteiger partial charge in [0.05, 0.1) is 11.4 Å². The van der Waals surface area contributed by atoms with Crippen LogP contribution in [0.5, 0.6) is 0 Å². The molecule has 0 radical (unpaired) electrons. The molecule has 0 saturated heterocycles. The van der Waals surface area contributed by atoms with Crippen LogP contribution in [0.4, 0.5) is 10.5 Å². The van der Waals surface area contributed by atoms with Crippen LogP contribution in [0.1, 0.15) is 31.9 Å². The number of carbonyl (C=O) groups excluding carboxylic acids is 1. The van der Waals surface area contributed by atoms with Gasteiger partial charge in [0.2, 0.25) is 0 Å². The number of amides is 1. The Morgan fingerprint density at radius 3 is 1.61 bits per heavy atom. The molecular formula is C24H24N2O2. The van der Waals surface area contributed by atoms with E-state index in [1.54, 1.807) is 0 Å². The molecule has 4 nitrogen and oxygen atoms in total. The van der Waals surface area contributed by atoms with Gasteiger partial charge in [-0.15, -0.1) is 0 Å². The van der Waals surface area contributed by atoms with Crippen LogP contribution >= 0.6 is 0 Å². The zero-order chi connectivity index (χ0) is 20.0. The maximum Gasteiger partial charge on any atom is 0.435 e. The number of nitrogens with zero attached hydrogens (tertiary/aromatic N) is 2. The van der Waals surface area contributed by atoms with Crippen molar-refractivity contribution in [3.05, 3.63) is 102 Å². The van der Waals surface area contributed by atoms with Crippen molar-refractivity contribution < 1.29 is 9.53 Å². The molecule has 0 spiro atoms. The van der Waals surface area contributed by atoms with Crippen LogP contribution < -0.4 is 5.01 Å². The summed E-state index contributed by atoms with van der Waals surface area (Å²) in [6, 6.07) is 28.9. The lowest BCUT2D eigenvalue weighted by Crippen LogP contribution is -2.34. The highest BCUT2D eigenvalue weighted by atomic mass is 16.6. The van der Waals surface area contributed by atoms with Crippen molar-refractivity contribution in [3.63, 3.8) is 0 Å². The quantitative estimate of drug-likeness (QED) is 0.424. The molecule has 3 aromatic carbocycles. The Labute approximate surface area is 166 Å². The van der Waals surface area contributed by atoms with Crippen LogP contribution in [0, 0.1) is 0 Å². The zero-order valence-electron chi connectivity index (χ0n) is 16.4. The fourth-order valence-electron chi connectivity index (χ4n) is 2.65. The van der Waals surface area contributed by atoms with Crippen molar-refractivity contribution in [1.29, 1.82) is 0 Å². The Hall–Kier alpha value is -3.40. The molecule has 0 saturated carbocycles. The van der Waals surface area contributed by atoms with Crippen molar-refractivity contribution in [3.8, 4) is 0 Å². The van der Waals surface area contributed by atoms with E-state index in [2.05, 4.69) is 0 Å². The van der Waals surface area contributed by atoms with Crippen LogP contribution in [-0.2, 0) is 4.74 Å². The lowest BCUT2D eigenvalue weighted by molar-refractivity contribution is 0.0581. The molecule has 3 aromatic rings. The molecule has 4 heteroatoms. The maximum atomic E-state index is 13.0. The number of anilines is 1. The number of hydrogen-bond donors (Lipinski definition) is 0. The van der Waals surface area contributed by atoms with E-state index >= 15 is 0 Å². The van der Waals surface area contributed by atoms with E-state index in [9.17, 15) is 4.79 Å². The van der Waals surface area contributed by atoms with Crippen molar-refractivity contribution >= 4 is 17.5 Å². The molecule has 0 aromatic heterocycles. The summed E-state index contributed by atoms with van der Waals surface area (Å²) in [5.74, 6) is 0. The first kappa shape index (κ1) is 19.4. The van der Waals surface area contributed by atoms with E-state index < -0.39 is 11.7 Å². The Morgan fingerprint density at radius 2 is 1.18 bits per heavy atom. The summed E-state index contributed by atoms with van der Waals surface area (Å²) in [4.78, 5) is 13.0. The van der Waals surface area contributed by atoms with Crippen LogP contribution in [-0.4, -0.2) is 17.4 Å². The summed E-state index contributed by atoms with van der Waals surface area (Å²) in [5, 5.41) is 6.07. The molecule has 0 aliphatic heterocycles. The van der Waals surface area contributed by atoms with Gasteiger partial charge in [-0.3, -0.25) is 0 Å². The first-order valence-electron chi connectivity index (χ1n) is 9.22. The second-order valence-corrected chi connectivity index (χ2v) is 7.31. The smallest absolute Gasteiger partial charge is 0.435 e. The molecule has 1 amide bonds. The molecule has 0 aliphatic carbocycles. The first-order valence-corrected chi connectivity index (χ1v) is 9.22. The fraction of sp³-hybridized carbons (Fsp3) is 0.167. The van der Waals surface area contributed by atoms with Crippen molar-refractivity contribution in [2.75, 3.05) is 5.01 Å². The number of hydrazone groups is 1. The van der Waals surface area contributed by atoms with E-state index in [-0.39, 0.29) is 0 Å². The van der Waals surface area contributed by atoms with Crippen LogP contribution in [0.2, 0.25) is 0 Å². The monoisotopic (exact) mass is 372 g/mol. The number of rotatable bonds is 4. The second kappa shape index (κ2) is 8.53. The van der Waals surface area contributed by atoms with E-state index in [1.165, 1.54) is 5.01 Å². The van der Waals surface area contributed by atoms with Crippen LogP contribution in [0.25, 0.3) is 0 Å². The van der Waals surface area contributed by atoms with Gasteiger partial charge in [-0.2, -0.15) is 10.1 Å². The minimum atomic E-state index is -0.626. The predicted molar refractivity (Wildman–Crippen MR) is 114 cm³/mol. The standard InChI is InChI=1S/C24H24N2O2/c1-24(2,3)28-23(27)26(21-17-11-6-12-18-21)25-22(19-13-7-4-8-14-19)20-15-9-5-10-16-20/h4-18H,1-3H3. The number of hydrogen-bond acceptors (Lipinski definition) is 3. The average Bonchev–Trinajstić information content (AvgIpc) is 2.69. The van der Waals surface area contributed by atoms with Crippen molar-refractivity contribution in [2.24, 2.45) is 5.10 Å². The van der Waals surface area contributed by atoms with E-state index in [4.69, 9.17) is 9.84 Å². The molecule has 0 unspecified atom stereocenters. The lowest BCUT2D eigenvalue weighted by Gasteiger charge is -2.25. The highest BCUT2D eigenvalue weighted by molar-refractivity contribution is 6.14. The Bertz CT molecular complexity index is 889. The minimum Gasteiger partial charge on any atom is -0.442 e. The summed E-state index contributed by atoms with van der Waals surface area (Å²) >= 11 is 0. The van der Waals surface area contributed by atoms with E-state index in [1.807, 2.05) is 112 Å². The molecular weight excluding hydrogens is 348 g/mol. The first-order chi connectivity index (χ1) is 13.4. The predicted octanol–water partition coefficient (Wildman–Crippen LogP) is 5.88. The van der Waals surface area contributed by atoms with Gasteiger partial charge in [0.25, 0.3) is 0 Å². The van der Waals surface area contributed by atoms with Gasteiger partial charge in [0.15, 0.2) is 0 Å². The zero-order valence-corrected chi connectivity index (χ0v) is 16.4. The highest BCUT2D eigenvalue weighted by Crippen LogP contribution is 2.21. The Kier molecular flexibility index (Phi) is 5.90. The maximum absolute atomic E-state index is 13.0. The molecule has 28 heavy (non-hydrogen) atoms. The van der Waals surface area contributed by atoms with Gasteiger partial charge in [-0.1, -0.05) is 78.9 Å². The third-order valence-corrected chi connectivity index (χ3v) is 3.86. The third-order valence-electron chi connectivity index (χ3n) is 3.86. The summed E-state index contributed by atoms with van der Waals surface area (Å²) in [5.41, 5.74) is 2.53. The summed E-state index contributed by atoms with van der Waals surface area (Å²) in [7, 11) is 0. The summed E-state index contributed by atoms with van der Waals surface area (Å²) in [6.45, 7) is 5.52. The topological polar surface area (TPSA) is 41.9 Å². The normalized spacial score (nSPS) is 10.8. The van der Waals surface area contributed by atoms with Crippen LogP contribution in [0.15, 0.2) is 96.1 Å². The molecule has 0 atom stereocenters.